The highest BCUT2D eigenvalue weighted by Crippen LogP contribution is 2.27. The van der Waals surface area contributed by atoms with Crippen LogP contribution in [0.5, 0.6) is 0 Å². The minimum Gasteiger partial charge on any atom is -0.390 e. The van der Waals surface area contributed by atoms with Gasteiger partial charge in [-0.05, 0) is 47.9 Å². The van der Waals surface area contributed by atoms with E-state index in [2.05, 4.69) is 53.9 Å². The molecular weight excluding hydrogens is 626 g/mol. The lowest BCUT2D eigenvalue weighted by molar-refractivity contribution is -0.123. The zero-order chi connectivity index (χ0) is 27.9. The van der Waals surface area contributed by atoms with Crippen molar-refractivity contribution in [3.05, 3.63) is 92.9 Å². The molecule has 3 aromatic rings. The summed E-state index contributed by atoms with van der Waals surface area (Å²) in [4.78, 5) is 29.6. The number of anilines is 2. The molecule has 1 saturated heterocycles. The molecule has 0 bridgehead atoms. The Hall–Kier alpha value is -2.92. The van der Waals surface area contributed by atoms with Gasteiger partial charge in [-0.1, -0.05) is 74.3 Å². The number of urea groups is 1. The molecule has 0 radical (unpaired) electrons. The van der Waals surface area contributed by atoms with Crippen LogP contribution in [0.25, 0.3) is 0 Å². The average Bonchev–Trinajstić information content (AvgIpc) is 3.30. The van der Waals surface area contributed by atoms with Gasteiger partial charge in [-0.3, -0.25) is 9.69 Å². The van der Waals surface area contributed by atoms with Crippen molar-refractivity contribution in [1.82, 2.24) is 16.0 Å². The maximum absolute atomic E-state index is 13.3. The first-order valence-corrected chi connectivity index (χ1v) is 14.3. The molecule has 0 saturated carbocycles. The van der Waals surface area contributed by atoms with E-state index in [4.69, 9.17) is 0 Å². The van der Waals surface area contributed by atoms with Gasteiger partial charge >= 0.3 is 6.03 Å². The van der Waals surface area contributed by atoms with Crippen LogP contribution in [0, 0.1) is 0 Å². The predicted molar refractivity (Wildman–Crippen MR) is 162 cm³/mol. The smallest absolute Gasteiger partial charge is 0.322 e. The summed E-state index contributed by atoms with van der Waals surface area (Å²) in [7, 11) is 3.99. The van der Waals surface area contributed by atoms with Crippen LogP contribution in [-0.4, -0.2) is 62.4 Å². The van der Waals surface area contributed by atoms with Gasteiger partial charge < -0.3 is 26.0 Å². The SMILES string of the molecule is CN(C)c1cccc(CNC[C@@H](O)[C@H](Cc2ccccc2)NC(=O)[C@@H]2CN(c3cc(Br)cc(Br)c3)C(=O)N2)c1. The van der Waals surface area contributed by atoms with E-state index >= 15 is 0 Å². The first-order chi connectivity index (χ1) is 18.7. The van der Waals surface area contributed by atoms with Gasteiger partial charge in [0, 0.05) is 47.5 Å². The topological polar surface area (TPSA) is 96.9 Å². The third-order valence-electron chi connectivity index (χ3n) is 6.58. The highest BCUT2D eigenvalue weighted by atomic mass is 79.9. The standard InChI is InChI=1S/C29H33Br2N5O3/c1-35(2)23-10-6-9-20(11-23)16-32-17-27(37)25(12-19-7-4-3-5-8-19)33-28(38)26-18-36(29(39)34-26)24-14-21(30)13-22(31)15-24/h3-11,13-15,25-27,32,37H,12,16-18H2,1-2H3,(H,33,38)(H,34,39)/t25-,26-,27+/m0/s1. The van der Waals surface area contributed by atoms with Crippen molar-refractivity contribution in [2.24, 2.45) is 0 Å². The molecule has 8 nitrogen and oxygen atoms in total. The maximum Gasteiger partial charge on any atom is 0.322 e. The summed E-state index contributed by atoms with van der Waals surface area (Å²) >= 11 is 6.89. The van der Waals surface area contributed by atoms with Crippen LogP contribution >= 0.6 is 31.9 Å². The Morgan fingerprint density at radius 2 is 1.74 bits per heavy atom. The summed E-state index contributed by atoms with van der Waals surface area (Å²) in [6.45, 7) is 1.06. The Bertz CT molecular complexity index is 1270. The van der Waals surface area contributed by atoms with E-state index in [1.54, 1.807) is 0 Å². The minimum absolute atomic E-state index is 0.183. The number of aliphatic hydroxyl groups excluding tert-OH is 1. The third kappa shape index (κ3) is 8.04. The zero-order valence-electron chi connectivity index (χ0n) is 21.9. The molecule has 3 atom stereocenters. The van der Waals surface area contributed by atoms with Crippen LogP contribution in [0.1, 0.15) is 11.1 Å². The lowest BCUT2D eigenvalue weighted by Crippen LogP contribution is -2.53. The van der Waals surface area contributed by atoms with Crippen LogP contribution in [-0.2, 0) is 17.8 Å². The molecule has 4 N–H and O–H groups in total. The number of carbonyl (C=O) groups excluding carboxylic acids is 2. The molecule has 206 valence electrons. The quantitative estimate of drug-likeness (QED) is 0.249. The molecule has 0 aliphatic carbocycles. The first-order valence-electron chi connectivity index (χ1n) is 12.7. The number of rotatable bonds is 11. The fourth-order valence-electron chi connectivity index (χ4n) is 4.49. The van der Waals surface area contributed by atoms with Crippen LogP contribution in [0.15, 0.2) is 81.7 Å². The van der Waals surface area contributed by atoms with Gasteiger partial charge in [0.2, 0.25) is 5.91 Å². The number of hydrogen-bond acceptors (Lipinski definition) is 5. The van der Waals surface area contributed by atoms with Gasteiger partial charge in [0.05, 0.1) is 18.7 Å². The Labute approximate surface area is 246 Å². The van der Waals surface area contributed by atoms with E-state index < -0.39 is 18.2 Å². The molecule has 3 aromatic carbocycles. The monoisotopic (exact) mass is 657 g/mol. The Morgan fingerprint density at radius 1 is 1.05 bits per heavy atom. The number of benzene rings is 3. The Morgan fingerprint density at radius 3 is 2.44 bits per heavy atom. The summed E-state index contributed by atoms with van der Waals surface area (Å²) in [6.07, 6.45) is -0.394. The van der Waals surface area contributed by atoms with Crippen LogP contribution in [0.3, 0.4) is 0 Å². The first kappa shape index (κ1) is 29.1. The molecule has 39 heavy (non-hydrogen) atoms. The second-order valence-electron chi connectivity index (χ2n) is 9.81. The maximum atomic E-state index is 13.3. The molecule has 0 spiro atoms. The van der Waals surface area contributed by atoms with Gasteiger partial charge in [-0.25, -0.2) is 4.79 Å². The predicted octanol–water partition coefficient (Wildman–Crippen LogP) is 4.05. The number of nitrogens with one attached hydrogen (secondary N) is 3. The van der Waals surface area contributed by atoms with E-state index in [0.29, 0.717) is 25.2 Å². The van der Waals surface area contributed by atoms with Crippen LogP contribution in [0.2, 0.25) is 0 Å². The summed E-state index contributed by atoms with van der Waals surface area (Å²) in [6, 6.07) is 21.8. The minimum atomic E-state index is -0.847. The molecule has 1 aliphatic heterocycles. The van der Waals surface area contributed by atoms with Crippen molar-refractivity contribution in [1.29, 1.82) is 0 Å². The zero-order valence-corrected chi connectivity index (χ0v) is 25.1. The lowest BCUT2D eigenvalue weighted by atomic mass is 10.0. The summed E-state index contributed by atoms with van der Waals surface area (Å²) in [5, 5.41) is 20.2. The molecular formula is C29H33Br2N5O3. The molecule has 1 aliphatic rings. The second-order valence-corrected chi connectivity index (χ2v) is 11.6. The molecule has 4 rings (SSSR count). The number of carbonyl (C=O) groups is 2. The van der Waals surface area contributed by atoms with Crippen LogP contribution in [0.4, 0.5) is 16.2 Å². The van der Waals surface area contributed by atoms with Crippen molar-refractivity contribution < 1.29 is 14.7 Å². The number of nitrogens with zero attached hydrogens (tertiary/aromatic N) is 2. The van der Waals surface area contributed by atoms with Gasteiger partial charge in [0.15, 0.2) is 0 Å². The van der Waals surface area contributed by atoms with Crippen molar-refractivity contribution in [2.75, 3.05) is 37.0 Å². The number of halogens is 2. The van der Waals surface area contributed by atoms with E-state index in [-0.39, 0.29) is 18.5 Å². The van der Waals surface area contributed by atoms with Crippen molar-refractivity contribution >= 4 is 55.2 Å². The number of hydrogen-bond donors (Lipinski definition) is 4. The molecule has 10 heteroatoms. The van der Waals surface area contributed by atoms with Gasteiger partial charge in [-0.15, -0.1) is 0 Å². The second kappa shape index (κ2) is 13.4. The van der Waals surface area contributed by atoms with Gasteiger partial charge in [0.1, 0.15) is 6.04 Å². The molecule has 1 heterocycles. The van der Waals surface area contributed by atoms with Crippen molar-refractivity contribution in [3.63, 3.8) is 0 Å². The molecule has 0 aromatic heterocycles. The highest BCUT2D eigenvalue weighted by Gasteiger charge is 2.36. The van der Waals surface area contributed by atoms with Gasteiger partial charge in [0.25, 0.3) is 0 Å². The Balaban J connectivity index is 1.40. The lowest BCUT2D eigenvalue weighted by Gasteiger charge is -2.26. The summed E-state index contributed by atoms with van der Waals surface area (Å²) in [5.74, 6) is -0.335. The molecule has 0 unspecified atom stereocenters. The average molecular weight is 659 g/mol. The normalized spacial score (nSPS) is 16.5. The largest absolute Gasteiger partial charge is 0.390 e. The van der Waals surface area contributed by atoms with Crippen molar-refractivity contribution in [2.45, 2.75) is 31.2 Å². The Kier molecular flexibility index (Phi) is 10.0. The molecule has 3 amide bonds. The number of aliphatic hydroxyl groups is 1. The fraction of sp³-hybridized carbons (Fsp3) is 0.310. The summed E-state index contributed by atoms with van der Waals surface area (Å²) in [5.41, 5.74) is 3.88. The van der Waals surface area contributed by atoms with Crippen molar-refractivity contribution in [3.8, 4) is 0 Å². The summed E-state index contributed by atoms with van der Waals surface area (Å²) < 4.78 is 1.64. The molecule has 1 fully saturated rings. The highest BCUT2D eigenvalue weighted by molar-refractivity contribution is 9.11. The fourth-order valence-corrected chi connectivity index (χ4v) is 5.76. The van der Waals surface area contributed by atoms with E-state index in [9.17, 15) is 14.7 Å². The number of amides is 3. The van der Waals surface area contributed by atoms with E-state index in [1.165, 1.54) is 4.90 Å². The van der Waals surface area contributed by atoms with E-state index in [0.717, 1.165) is 25.8 Å². The van der Waals surface area contributed by atoms with Gasteiger partial charge in [-0.2, -0.15) is 0 Å². The van der Waals surface area contributed by atoms with E-state index in [1.807, 2.05) is 85.7 Å². The third-order valence-corrected chi connectivity index (χ3v) is 7.50. The van der Waals surface area contributed by atoms with Crippen LogP contribution < -0.4 is 25.8 Å².